The van der Waals surface area contributed by atoms with Crippen molar-refractivity contribution < 1.29 is 0 Å². The van der Waals surface area contributed by atoms with Gasteiger partial charge in [0.05, 0.1) is 11.4 Å². The van der Waals surface area contributed by atoms with Gasteiger partial charge in [-0.1, -0.05) is 26.0 Å². The molecule has 1 fully saturated rings. The van der Waals surface area contributed by atoms with E-state index in [9.17, 15) is 0 Å². The van der Waals surface area contributed by atoms with Gasteiger partial charge in [-0.3, -0.25) is 0 Å². The number of aryl methyl sites for hydroxylation is 1. The average Bonchev–Trinajstić information content (AvgIpc) is 3.05. The summed E-state index contributed by atoms with van der Waals surface area (Å²) in [6.45, 7) is 7.87. The molecule has 0 heterocycles. The fraction of sp³-hybridized carbons (Fsp3) is 0.600. The third kappa shape index (κ3) is 2.93. The first-order valence-electron chi connectivity index (χ1n) is 6.71. The van der Waals surface area contributed by atoms with Gasteiger partial charge in [-0.15, -0.1) is 0 Å². The lowest BCUT2D eigenvalue weighted by Crippen LogP contribution is -2.29. The number of nitrogens with zero attached hydrogens (tertiary/aromatic N) is 1. The van der Waals surface area contributed by atoms with Crippen LogP contribution in [0.5, 0.6) is 0 Å². The molecule has 0 radical (unpaired) electrons. The highest BCUT2D eigenvalue weighted by Crippen LogP contribution is 2.37. The van der Waals surface area contributed by atoms with Crippen molar-refractivity contribution in [3.63, 3.8) is 0 Å². The van der Waals surface area contributed by atoms with Gasteiger partial charge in [0.25, 0.3) is 0 Å². The molecule has 0 atom stereocenters. The third-order valence-electron chi connectivity index (χ3n) is 3.49. The molecule has 1 aliphatic carbocycles. The molecular formula is C15H24N2. The zero-order valence-corrected chi connectivity index (χ0v) is 11.2. The molecule has 0 aliphatic heterocycles. The Hall–Kier alpha value is -1.18. The summed E-state index contributed by atoms with van der Waals surface area (Å²) in [5, 5.41) is 0. The van der Waals surface area contributed by atoms with Crippen LogP contribution in [0.25, 0.3) is 0 Å². The molecule has 1 aliphatic rings. The van der Waals surface area contributed by atoms with Crippen LogP contribution in [0.1, 0.15) is 38.7 Å². The van der Waals surface area contributed by atoms with E-state index in [1.807, 2.05) is 12.1 Å². The Morgan fingerprint density at radius 2 is 2.06 bits per heavy atom. The quantitative estimate of drug-likeness (QED) is 0.786. The Kier molecular flexibility index (Phi) is 3.60. The number of hydrogen-bond donors (Lipinski definition) is 1. The summed E-state index contributed by atoms with van der Waals surface area (Å²) in [6, 6.07) is 6.96. The molecule has 94 valence electrons. The summed E-state index contributed by atoms with van der Waals surface area (Å²) in [5.41, 5.74) is 9.66. The van der Waals surface area contributed by atoms with Crippen molar-refractivity contribution in [1.29, 1.82) is 0 Å². The molecule has 2 nitrogen and oxygen atoms in total. The van der Waals surface area contributed by atoms with Crippen LogP contribution in [0, 0.1) is 12.8 Å². The molecule has 0 spiro atoms. The van der Waals surface area contributed by atoms with E-state index in [1.54, 1.807) is 0 Å². The highest BCUT2D eigenvalue weighted by Gasteiger charge is 2.30. The van der Waals surface area contributed by atoms with Crippen molar-refractivity contribution in [3.05, 3.63) is 23.8 Å². The number of nitrogen functional groups attached to an aromatic ring is 1. The summed E-state index contributed by atoms with van der Waals surface area (Å²) in [6.07, 6.45) is 3.89. The summed E-state index contributed by atoms with van der Waals surface area (Å²) in [4.78, 5) is 2.53. The SMILES string of the molecule is Cc1cccc(N)c1N(CCC(C)C)C1CC1. The van der Waals surface area contributed by atoms with Crippen LogP contribution >= 0.6 is 0 Å². The molecule has 2 N–H and O–H groups in total. The van der Waals surface area contributed by atoms with Crippen LogP contribution < -0.4 is 10.6 Å². The van der Waals surface area contributed by atoms with Crippen LogP contribution in [-0.4, -0.2) is 12.6 Å². The van der Waals surface area contributed by atoms with Crippen LogP contribution in [0.3, 0.4) is 0 Å². The molecule has 1 saturated carbocycles. The maximum absolute atomic E-state index is 6.15. The number of rotatable bonds is 5. The Morgan fingerprint density at radius 3 is 2.59 bits per heavy atom. The molecule has 0 amide bonds. The molecule has 1 aromatic carbocycles. The maximum Gasteiger partial charge on any atom is 0.0632 e. The zero-order valence-electron chi connectivity index (χ0n) is 11.2. The van der Waals surface area contributed by atoms with Crippen molar-refractivity contribution in [2.24, 2.45) is 5.92 Å². The van der Waals surface area contributed by atoms with E-state index in [1.165, 1.54) is 30.5 Å². The number of benzene rings is 1. The molecule has 0 saturated heterocycles. The predicted molar refractivity (Wildman–Crippen MR) is 75.4 cm³/mol. The van der Waals surface area contributed by atoms with E-state index in [0.29, 0.717) is 0 Å². The highest BCUT2D eigenvalue weighted by atomic mass is 15.2. The van der Waals surface area contributed by atoms with Crippen LogP contribution in [-0.2, 0) is 0 Å². The second-order valence-electron chi connectivity index (χ2n) is 5.62. The monoisotopic (exact) mass is 232 g/mol. The minimum Gasteiger partial charge on any atom is -0.397 e. The normalized spacial score (nSPS) is 15.3. The van der Waals surface area contributed by atoms with Gasteiger partial charge >= 0.3 is 0 Å². The Morgan fingerprint density at radius 1 is 1.35 bits per heavy atom. The molecule has 2 rings (SSSR count). The van der Waals surface area contributed by atoms with E-state index >= 15 is 0 Å². The molecule has 2 heteroatoms. The van der Waals surface area contributed by atoms with Gasteiger partial charge in [0.15, 0.2) is 0 Å². The predicted octanol–water partition coefficient (Wildman–Crippen LogP) is 3.59. The summed E-state index contributed by atoms with van der Waals surface area (Å²) < 4.78 is 0. The fourth-order valence-corrected chi connectivity index (χ4v) is 2.33. The van der Waals surface area contributed by atoms with Crippen molar-refractivity contribution in [1.82, 2.24) is 0 Å². The van der Waals surface area contributed by atoms with Crippen LogP contribution in [0.2, 0.25) is 0 Å². The van der Waals surface area contributed by atoms with Gasteiger partial charge in [-0.05, 0) is 43.7 Å². The van der Waals surface area contributed by atoms with Gasteiger partial charge < -0.3 is 10.6 Å². The maximum atomic E-state index is 6.15. The summed E-state index contributed by atoms with van der Waals surface area (Å²) >= 11 is 0. The number of nitrogens with two attached hydrogens (primary N) is 1. The Balaban J connectivity index is 2.20. The topological polar surface area (TPSA) is 29.3 Å². The van der Waals surface area contributed by atoms with E-state index in [2.05, 4.69) is 31.7 Å². The number of anilines is 2. The first kappa shape index (κ1) is 12.3. The minimum atomic E-state index is 0.733. The fourth-order valence-electron chi connectivity index (χ4n) is 2.33. The second kappa shape index (κ2) is 4.99. The molecule has 0 bridgehead atoms. The zero-order chi connectivity index (χ0) is 12.4. The van der Waals surface area contributed by atoms with Crippen molar-refractivity contribution in [3.8, 4) is 0 Å². The van der Waals surface area contributed by atoms with Gasteiger partial charge in [0.1, 0.15) is 0 Å². The smallest absolute Gasteiger partial charge is 0.0632 e. The lowest BCUT2D eigenvalue weighted by molar-refractivity contribution is 0.570. The molecule has 0 aromatic heterocycles. The standard InChI is InChI=1S/C15H24N2/c1-11(2)9-10-17(13-7-8-13)15-12(3)5-4-6-14(15)16/h4-6,11,13H,7-10,16H2,1-3H3. The highest BCUT2D eigenvalue weighted by molar-refractivity contribution is 5.72. The largest absolute Gasteiger partial charge is 0.397 e. The third-order valence-corrected chi connectivity index (χ3v) is 3.49. The lowest BCUT2D eigenvalue weighted by Gasteiger charge is -2.28. The molecule has 0 unspecified atom stereocenters. The van der Waals surface area contributed by atoms with Gasteiger partial charge in [0.2, 0.25) is 0 Å². The van der Waals surface area contributed by atoms with Crippen molar-refractivity contribution >= 4 is 11.4 Å². The molecule has 1 aromatic rings. The molecular weight excluding hydrogens is 208 g/mol. The first-order chi connectivity index (χ1) is 8.09. The Labute approximate surface area is 105 Å². The van der Waals surface area contributed by atoms with E-state index in [0.717, 1.165) is 24.2 Å². The first-order valence-corrected chi connectivity index (χ1v) is 6.71. The molecule has 17 heavy (non-hydrogen) atoms. The Bertz CT molecular complexity index is 360. The van der Waals surface area contributed by atoms with Crippen LogP contribution in [0.4, 0.5) is 11.4 Å². The van der Waals surface area contributed by atoms with Gasteiger partial charge in [0, 0.05) is 12.6 Å². The number of hydrogen-bond acceptors (Lipinski definition) is 2. The van der Waals surface area contributed by atoms with Gasteiger partial charge in [-0.2, -0.15) is 0 Å². The average molecular weight is 232 g/mol. The van der Waals surface area contributed by atoms with Crippen molar-refractivity contribution in [2.45, 2.75) is 46.1 Å². The van der Waals surface area contributed by atoms with E-state index < -0.39 is 0 Å². The minimum absolute atomic E-state index is 0.733. The van der Waals surface area contributed by atoms with Crippen LogP contribution in [0.15, 0.2) is 18.2 Å². The van der Waals surface area contributed by atoms with E-state index in [-0.39, 0.29) is 0 Å². The van der Waals surface area contributed by atoms with E-state index in [4.69, 9.17) is 5.73 Å². The summed E-state index contributed by atoms with van der Waals surface area (Å²) in [5.74, 6) is 0.751. The number of para-hydroxylation sites is 1. The summed E-state index contributed by atoms with van der Waals surface area (Å²) in [7, 11) is 0. The second-order valence-corrected chi connectivity index (χ2v) is 5.62. The van der Waals surface area contributed by atoms with Gasteiger partial charge in [-0.25, -0.2) is 0 Å². The van der Waals surface area contributed by atoms with Crippen molar-refractivity contribution in [2.75, 3.05) is 17.2 Å². The lowest BCUT2D eigenvalue weighted by atomic mass is 10.1.